The highest BCUT2D eigenvalue weighted by Gasteiger charge is 2.57. The van der Waals surface area contributed by atoms with Crippen molar-refractivity contribution in [1.29, 1.82) is 0 Å². The molecular formula is C18H22NO5P. The van der Waals surface area contributed by atoms with Gasteiger partial charge in [-0.1, -0.05) is 60.7 Å². The summed E-state index contributed by atoms with van der Waals surface area (Å²) >= 11 is 0. The Morgan fingerprint density at radius 1 is 0.920 bits per heavy atom. The lowest BCUT2D eigenvalue weighted by Crippen LogP contribution is -2.37. The van der Waals surface area contributed by atoms with Crippen LogP contribution in [0.5, 0.6) is 0 Å². The zero-order valence-electron chi connectivity index (χ0n) is 14.3. The molecule has 0 aliphatic heterocycles. The molecule has 2 aromatic carbocycles. The Morgan fingerprint density at radius 2 is 1.32 bits per heavy atom. The molecule has 2 aromatic rings. The second-order valence-corrected chi connectivity index (χ2v) is 7.69. The van der Waals surface area contributed by atoms with Gasteiger partial charge in [0.05, 0.1) is 13.2 Å². The van der Waals surface area contributed by atoms with Crippen molar-refractivity contribution in [2.24, 2.45) is 0 Å². The van der Waals surface area contributed by atoms with E-state index in [9.17, 15) is 14.7 Å². The van der Waals surface area contributed by atoms with E-state index in [4.69, 9.17) is 9.05 Å². The SMILES string of the molecule is CCOP(=O)(OCC)C(C[N+](=O)[O-])(c1ccccc1)c1ccccc1. The average Bonchev–Trinajstić information content (AvgIpc) is 2.61. The Bertz CT molecular complexity index is 686. The third kappa shape index (κ3) is 3.82. The van der Waals surface area contributed by atoms with E-state index in [1.165, 1.54) is 0 Å². The summed E-state index contributed by atoms with van der Waals surface area (Å²) in [6.07, 6.45) is 0. The fourth-order valence-electron chi connectivity index (χ4n) is 2.96. The number of nitro groups is 1. The molecule has 0 aliphatic rings. The van der Waals surface area contributed by atoms with Crippen LogP contribution in [-0.2, 0) is 18.8 Å². The van der Waals surface area contributed by atoms with Crippen molar-refractivity contribution < 1.29 is 18.5 Å². The van der Waals surface area contributed by atoms with Crippen LogP contribution in [0, 0.1) is 10.1 Å². The monoisotopic (exact) mass is 363 g/mol. The van der Waals surface area contributed by atoms with Crippen LogP contribution in [0.3, 0.4) is 0 Å². The predicted octanol–water partition coefficient (Wildman–Crippen LogP) is 4.47. The van der Waals surface area contributed by atoms with Crippen molar-refractivity contribution in [1.82, 2.24) is 0 Å². The highest BCUT2D eigenvalue weighted by molar-refractivity contribution is 7.55. The topological polar surface area (TPSA) is 78.7 Å². The Balaban J connectivity index is 2.84. The summed E-state index contributed by atoms with van der Waals surface area (Å²) in [6.45, 7) is 3.03. The van der Waals surface area contributed by atoms with E-state index in [0.717, 1.165) is 0 Å². The molecule has 0 radical (unpaired) electrons. The highest BCUT2D eigenvalue weighted by Crippen LogP contribution is 2.67. The summed E-state index contributed by atoms with van der Waals surface area (Å²) in [4.78, 5) is 11.1. The van der Waals surface area contributed by atoms with Crippen LogP contribution < -0.4 is 0 Å². The number of hydrogen-bond acceptors (Lipinski definition) is 5. The lowest BCUT2D eigenvalue weighted by atomic mass is 9.90. The van der Waals surface area contributed by atoms with E-state index in [0.29, 0.717) is 11.1 Å². The van der Waals surface area contributed by atoms with Gasteiger partial charge in [0.2, 0.25) is 6.54 Å². The van der Waals surface area contributed by atoms with Crippen LogP contribution in [0.25, 0.3) is 0 Å². The summed E-state index contributed by atoms with van der Waals surface area (Å²) in [6, 6.07) is 17.5. The molecule has 0 fully saturated rings. The van der Waals surface area contributed by atoms with Gasteiger partial charge in [-0.25, -0.2) is 0 Å². The van der Waals surface area contributed by atoms with E-state index in [1.54, 1.807) is 74.5 Å². The van der Waals surface area contributed by atoms with Gasteiger partial charge in [0.25, 0.3) is 0 Å². The number of hydrogen-bond donors (Lipinski definition) is 0. The van der Waals surface area contributed by atoms with Gasteiger partial charge in [0.1, 0.15) is 0 Å². The van der Waals surface area contributed by atoms with Crippen molar-refractivity contribution in [3.63, 3.8) is 0 Å². The molecule has 0 aliphatic carbocycles. The molecule has 134 valence electrons. The number of rotatable bonds is 9. The molecule has 0 atom stereocenters. The molecule has 0 amide bonds. The van der Waals surface area contributed by atoms with Gasteiger partial charge in [0.15, 0.2) is 5.16 Å². The van der Waals surface area contributed by atoms with Gasteiger partial charge >= 0.3 is 7.60 Å². The lowest BCUT2D eigenvalue weighted by Gasteiger charge is -2.36. The Morgan fingerprint density at radius 3 is 1.64 bits per heavy atom. The zero-order chi connectivity index (χ0) is 18.3. The minimum absolute atomic E-state index is 0.121. The minimum Gasteiger partial charge on any atom is -0.308 e. The van der Waals surface area contributed by atoms with E-state index in [2.05, 4.69) is 0 Å². The van der Waals surface area contributed by atoms with Crippen molar-refractivity contribution in [2.75, 3.05) is 19.8 Å². The Kier molecular flexibility index (Phi) is 6.48. The Hall–Kier alpha value is -2.01. The normalized spacial score (nSPS) is 12.1. The maximum absolute atomic E-state index is 13.8. The van der Waals surface area contributed by atoms with Crippen LogP contribution >= 0.6 is 7.60 Å². The molecular weight excluding hydrogens is 341 g/mol. The fourth-order valence-corrected chi connectivity index (χ4v) is 5.38. The second kappa shape index (κ2) is 8.39. The summed E-state index contributed by atoms with van der Waals surface area (Å²) in [7, 11) is -3.90. The van der Waals surface area contributed by atoms with E-state index >= 15 is 0 Å². The predicted molar refractivity (Wildman–Crippen MR) is 96.4 cm³/mol. The van der Waals surface area contributed by atoms with Crippen LogP contribution in [0.4, 0.5) is 0 Å². The lowest BCUT2D eigenvalue weighted by molar-refractivity contribution is -0.485. The average molecular weight is 363 g/mol. The Labute approximate surface area is 147 Å². The summed E-state index contributed by atoms with van der Waals surface area (Å²) < 4.78 is 25.0. The van der Waals surface area contributed by atoms with Gasteiger partial charge in [0, 0.05) is 4.92 Å². The molecule has 0 unspecified atom stereocenters. The van der Waals surface area contributed by atoms with E-state index in [1.807, 2.05) is 0 Å². The van der Waals surface area contributed by atoms with Gasteiger partial charge in [-0.15, -0.1) is 0 Å². The van der Waals surface area contributed by atoms with Crippen LogP contribution in [-0.4, -0.2) is 24.7 Å². The quantitative estimate of drug-likeness (QED) is 0.373. The van der Waals surface area contributed by atoms with Gasteiger partial charge in [-0.3, -0.25) is 14.7 Å². The minimum atomic E-state index is -3.90. The van der Waals surface area contributed by atoms with E-state index in [-0.39, 0.29) is 13.2 Å². The molecule has 7 heteroatoms. The first-order valence-corrected chi connectivity index (χ1v) is 9.66. The van der Waals surface area contributed by atoms with Crippen molar-refractivity contribution in [2.45, 2.75) is 19.0 Å². The van der Waals surface area contributed by atoms with Crippen molar-refractivity contribution in [3.8, 4) is 0 Å². The van der Waals surface area contributed by atoms with E-state index < -0.39 is 24.2 Å². The molecule has 0 saturated heterocycles. The molecule has 0 heterocycles. The first kappa shape index (κ1) is 19.3. The van der Waals surface area contributed by atoms with Gasteiger partial charge in [-0.05, 0) is 25.0 Å². The summed E-state index contributed by atoms with van der Waals surface area (Å²) in [5.41, 5.74) is 1.06. The van der Waals surface area contributed by atoms with Crippen LogP contribution in [0.2, 0.25) is 0 Å². The van der Waals surface area contributed by atoms with Gasteiger partial charge < -0.3 is 9.05 Å². The first-order chi connectivity index (χ1) is 12.0. The molecule has 0 bridgehead atoms. The molecule has 0 spiro atoms. The maximum Gasteiger partial charge on any atom is 0.352 e. The molecule has 25 heavy (non-hydrogen) atoms. The first-order valence-electron chi connectivity index (χ1n) is 8.12. The van der Waals surface area contributed by atoms with Crippen molar-refractivity contribution >= 4 is 7.60 Å². The molecule has 0 aromatic heterocycles. The molecule has 0 saturated carbocycles. The summed E-state index contributed by atoms with van der Waals surface area (Å²) in [5.74, 6) is 0. The van der Waals surface area contributed by atoms with Gasteiger partial charge in [-0.2, -0.15) is 0 Å². The summed E-state index contributed by atoms with van der Waals surface area (Å²) in [5, 5.41) is 10.1. The third-order valence-corrected chi connectivity index (χ3v) is 6.72. The number of nitrogens with zero attached hydrogens (tertiary/aromatic N) is 1. The maximum atomic E-state index is 13.8. The standard InChI is InChI=1S/C18H22NO5P/c1-3-23-25(22,24-4-2)18(15-19(20)21,16-11-7-5-8-12-16)17-13-9-6-10-14-17/h5-14H,3-4,15H2,1-2H3. The molecule has 0 N–H and O–H groups in total. The van der Waals surface area contributed by atoms with Crippen molar-refractivity contribution in [3.05, 3.63) is 81.9 Å². The third-order valence-electron chi connectivity index (χ3n) is 3.93. The second-order valence-electron chi connectivity index (χ2n) is 5.42. The van der Waals surface area contributed by atoms with Crippen LogP contribution in [0.15, 0.2) is 60.7 Å². The molecule has 2 rings (SSSR count). The largest absolute Gasteiger partial charge is 0.352 e. The zero-order valence-corrected chi connectivity index (χ0v) is 15.2. The molecule has 6 nitrogen and oxygen atoms in total. The number of benzene rings is 2. The van der Waals surface area contributed by atoms with Crippen LogP contribution in [0.1, 0.15) is 25.0 Å². The fraction of sp³-hybridized carbons (Fsp3) is 0.333. The highest BCUT2D eigenvalue weighted by atomic mass is 31.2. The smallest absolute Gasteiger partial charge is 0.308 e.